The number of aryl methyl sites for hydroxylation is 2. The van der Waals surface area contributed by atoms with Crippen LogP contribution in [0, 0.1) is 13.8 Å². The maximum Gasteiger partial charge on any atom is 0.343 e. The summed E-state index contributed by atoms with van der Waals surface area (Å²) in [6.07, 6.45) is 1.54. The highest BCUT2D eigenvalue weighted by molar-refractivity contribution is 5.94. The molecule has 0 aliphatic heterocycles. The van der Waals surface area contributed by atoms with Gasteiger partial charge in [-0.3, -0.25) is 0 Å². The molecule has 0 saturated heterocycles. The Labute approximate surface area is 131 Å². The van der Waals surface area contributed by atoms with Gasteiger partial charge in [0.25, 0.3) is 0 Å². The molecule has 0 N–H and O–H groups in total. The van der Waals surface area contributed by atoms with Crippen LogP contribution >= 0.6 is 0 Å². The molecule has 0 bridgehead atoms. The molecule has 0 aliphatic carbocycles. The fraction of sp³-hybridized carbons (Fsp3) is 0.353. The number of benzene rings is 1. The predicted octanol–water partition coefficient (Wildman–Crippen LogP) is 3.00. The molecule has 5 nitrogen and oxygen atoms in total. The molecule has 1 aromatic heterocycles. The standard InChI is InChI=1S/C17H21N3O2/c1-6-22-17(21)14-10-18-15(19-16(14)20(4)5)13-9-11(2)7-8-12(13)3/h7-10H,6H2,1-5H3. The van der Waals surface area contributed by atoms with Gasteiger partial charge in [-0.15, -0.1) is 0 Å². The van der Waals surface area contributed by atoms with E-state index in [-0.39, 0.29) is 0 Å². The number of anilines is 1. The molecule has 0 amide bonds. The number of rotatable bonds is 4. The Morgan fingerprint density at radius 2 is 2.00 bits per heavy atom. The summed E-state index contributed by atoms with van der Waals surface area (Å²) in [6, 6.07) is 6.15. The highest BCUT2D eigenvalue weighted by Gasteiger charge is 2.18. The minimum Gasteiger partial charge on any atom is -0.462 e. The maximum absolute atomic E-state index is 12.0. The van der Waals surface area contributed by atoms with E-state index in [1.165, 1.54) is 6.20 Å². The van der Waals surface area contributed by atoms with Crippen molar-refractivity contribution in [3.63, 3.8) is 0 Å². The van der Waals surface area contributed by atoms with Gasteiger partial charge in [0.2, 0.25) is 0 Å². The first-order valence-electron chi connectivity index (χ1n) is 7.23. The molecular weight excluding hydrogens is 278 g/mol. The van der Waals surface area contributed by atoms with Crippen LogP contribution in [0.25, 0.3) is 11.4 Å². The van der Waals surface area contributed by atoms with Crippen molar-refractivity contribution < 1.29 is 9.53 Å². The summed E-state index contributed by atoms with van der Waals surface area (Å²) in [5.74, 6) is 0.765. The second kappa shape index (κ2) is 6.56. The first kappa shape index (κ1) is 15.9. The van der Waals surface area contributed by atoms with Gasteiger partial charge in [-0.1, -0.05) is 17.7 Å². The Morgan fingerprint density at radius 3 is 2.64 bits per heavy atom. The van der Waals surface area contributed by atoms with E-state index in [0.29, 0.717) is 23.8 Å². The van der Waals surface area contributed by atoms with E-state index >= 15 is 0 Å². The van der Waals surface area contributed by atoms with Crippen LogP contribution < -0.4 is 4.90 Å². The van der Waals surface area contributed by atoms with Crippen LogP contribution in [0.15, 0.2) is 24.4 Å². The average molecular weight is 299 g/mol. The first-order chi connectivity index (χ1) is 10.4. The zero-order valence-corrected chi connectivity index (χ0v) is 13.7. The zero-order chi connectivity index (χ0) is 16.3. The second-order valence-corrected chi connectivity index (χ2v) is 5.36. The Kier molecular flexibility index (Phi) is 4.75. The average Bonchev–Trinajstić information content (AvgIpc) is 2.49. The normalized spacial score (nSPS) is 10.4. The predicted molar refractivity (Wildman–Crippen MR) is 87.2 cm³/mol. The third-order valence-electron chi connectivity index (χ3n) is 3.32. The van der Waals surface area contributed by atoms with Crippen molar-refractivity contribution in [1.82, 2.24) is 9.97 Å². The Bertz CT molecular complexity index is 696. The van der Waals surface area contributed by atoms with E-state index in [1.54, 1.807) is 11.8 Å². The number of aromatic nitrogens is 2. The molecule has 116 valence electrons. The number of hydrogen-bond donors (Lipinski definition) is 0. The molecule has 5 heteroatoms. The van der Waals surface area contributed by atoms with Gasteiger partial charge in [0.15, 0.2) is 5.82 Å². The molecule has 22 heavy (non-hydrogen) atoms. The van der Waals surface area contributed by atoms with Crippen LogP contribution in [0.4, 0.5) is 5.82 Å². The number of hydrogen-bond acceptors (Lipinski definition) is 5. The highest BCUT2D eigenvalue weighted by atomic mass is 16.5. The van der Waals surface area contributed by atoms with Gasteiger partial charge < -0.3 is 9.64 Å². The largest absolute Gasteiger partial charge is 0.462 e. The van der Waals surface area contributed by atoms with E-state index in [2.05, 4.69) is 16.0 Å². The van der Waals surface area contributed by atoms with Gasteiger partial charge >= 0.3 is 5.97 Å². The summed E-state index contributed by atoms with van der Waals surface area (Å²) >= 11 is 0. The second-order valence-electron chi connectivity index (χ2n) is 5.36. The van der Waals surface area contributed by atoms with E-state index in [1.807, 2.05) is 40.1 Å². The molecule has 0 saturated carbocycles. The number of ether oxygens (including phenoxy) is 1. The quantitative estimate of drug-likeness (QED) is 0.812. The molecule has 1 heterocycles. The molecule has 0 radical (unpaired) electrons. The molecule has 0 spiro atoms. The van der Waals surface area contributed by atoms with Crippen molar-refractivity contribution in [3.05, 3.63) is 41.1 Å². The maximum atomic E-state index is 12.0. The molecule has 0 aliphatic rings. The molecule has 0 unspecified atom stereocenters. The van der Waals surface area contributed by atoms with E-state index in [4.69, 9.17) is 4.74 Å². The van der Waals surface area contributed by atoms with Crippen LogP contribution in [-0.2, 0) is 4.74 Å². The van der Waals surface area contributed by atoms with Gasteiger partial charge in [-0.05, 0) is 32.4 Å². The van der Waals surface area contributed by atoms with Gasteiger partial charge in [0.1, 0.15) is 11.4 Å². The smallest absolute Gasteiger partial charge is 0.343 e. The third-order valence-corrected chi connectivity index (χ3v) is 3.32. The summed E-state index contributed by atoms with van der Waals surface area (Å²) in [6.45, 7) is 6.15. The minimum atomic E-state index is -0.404. The van der Waals surface area contributed by atoms with Crippen LogP contribution in [0.1, 0.15) is 28.4 Å². The lowest BCUT2D eigenvalue weighted by molar-refractivity contribution is 0.0526. The Hall–Kier alpha value is -2.43. The summed E-state index contributed by atoms with van der Waals surface area (Å²) in [7, 11) is 3.69. The van der Waals surface area contributed by atoms with Gasteiger partial charge in [0.05, 0.1) is 6.61 Å². The lowest BCUT2D eigenvalue weighted by atomic mass is 10.0. The van der Waals surface area contributed by atoms with E-state index in [9.17, 15) is 4.79 Å². The number of carbonyl (C=O) groups is 1. The fourth-order valence-corrected chi connectivity index (χ4v) is 2.17. The lowest BCUT2D eigenvalue weighted by Crippen LogP contribution is -2.18. The topological polar surface area (TPSA) is 55.3 Å². The van der Waals surface area contributed by atoms with Gasteiger partial charge in [-0.2, -0.15) is 0 Å². The van der Waals surface area contributed by atoms with E-state index in [0.717, 1.165) is 16.7 Å². The van der Waals surface area contributed by atoms with Gasteiger partial charge in [-0.25, -0.2) is 14.8 Å². The molecule has 2 aromatic rings. The fourth-order valence-electron chi connectivity index (χ4n) is 2.17. The summed E-state index contributed by atoms with van der Waals surface area (Å²) < 4.78 is 5.06. The summed E-state index contributed by atoms with van der Waals surface area (Å²) in [5.41, 5.74) is 3.59. The van der Waals surface area contributed by atoms with Crippen LogP contribution in [0.5, 0.6) is 0 Å². The molecular formula is C17H21N3O2. The van der Waals surface area contributed by atoms with Crippen LogP contribution in [0.3, 0.4) is 0 Å². The van der Waals surface area contributed by atoms with Crippen molar-refractivity contribution in [2.75, 3.05) is 25.6 Å². The number of esters is 1. The van der Waals surface area contributed by atoms with Crippen molar-refractivity contribution in [1.29, 1.82) is 0 Å². The number of nitrogens with zero attached hydrogens (tertiary/aromatic N) is 3. The Morgan fingerprint density at radius 1 is 1.27 bits per heavy atom. The van der Waals surface area contributed by atoms with Crippen LogP contribution in [0.2, 0.25) is 0 Å². The van der Waals surface area contributed by atoms with E-state index < -0.39 is 5.97 Å². The monoisotopic (exact) mass is 299 g/mol. The highest BCUT2D eigenvalue weighted by Crippen LogP contribution is 2.25. The summed E-state index contributed by atoms with van der Waals surface area (Å²) in [4.78, 5) is 22.7. The first-order valence-corrected chi connectivity index (χ1v) is 7.23. The molecule has 1 aromatic carbocycles. The number of carbonyl (C=O) groups excluding carboxylic acids is 1. The minimum absolute atomic E-state index is 0.324. The van der Waals surface area contributed by atoms with Crippen molar-refractivity contribution in [3.8, 4) is 11.4 Å². The lowest BCUT2D eigenvalue weighted by Gasteiger charge is -2.16. The van der Waals surface area contributed by atoms with Crippen LogP contribution in [-0.4, -0.2) is 36.6 Å². The van der Waals surface area contributed by atoms with Crippen molar-refractivity contribution in [2.24, 2.45) is 0 Å². The molecule has 2 rings (SSSR count). The summed E-state index contributed by atoms with van der Waals surface area (Å²) in [5, 5.41) is 0. The molecule has 0 fully saturated rings. The van der Waals surface area contributed by atoms with Gasteiger partial charge in [0, 0.05) is 25.9 Å². The third kappa shape index (κ3) is 3.24. The SMILES string of the molecule is CCOC(=O)c1cnc(-c2cc(C)ccc2C)nc1N(C)C. The Balaban J connectivity index is 2.54. The van der Waals surface area contributed by atoms with Crippen molar-refractivity contribution in [2.45, 2.75) is 20.8 Å². The zero-order valence-electron chi connectivity index (χ0n) is 13.7. The van der Waals surface area contributed by atoms with Crippen molar-refractivity contribution >= 4 is 11.8 Å². The molecule has 0 atom stereocenters.